The molecule has 0 spiro atoms. The molecule has 2 nitrogen and oxygen atoms in total. The first-order valence-corrected chi connectivity index (χ1v) is 11.8. The van der Waals surface area contributed by atoms with E-state index in [0.717, 1.165) is 49.2 Å². The van der Waals surface area contributed by atoms with E-state index >= 15 is 0 Å². The van der Waals surface area contributed by atoms with Gasteiger partial charge in [0.2, 0.25) is 0 Å². The average Bonchev–Trinajstić information content (AvgIpc) is 3.21. The third-order valence-electron chi connectivity index (χ3n) is 7.08. The fourth-order valence-corrected chi connectivity index (χ4v) is 5.22. The van der Waals surface area contributed by atoms with Gasteiger partial charge >= 0.3 is 0 Å². The highest BCUT2D eigenvalue weighted by Gasteiger charge is 2.36. The standard InChI is InChI=1S/C28H40N2/c1-8-11-14-25-23(9-2)15-16-24-19-26(22(7)30(10-3)27(24)25)21(6)29-28(20(4)5)17-12-13-18-28/h15-16,19,29H,4,6-14,17-18H2,1-3,5H3. The van der Waals surface area contributed by atoms with Crippen molar-refractivity contribution < 1.29 is 0 Å². The van der Waals surface area contributed by atoms with Crippen LogP contribution < -0.4 is 10.2 Å². The van der Waals surface area contributed by atoms with Crippen molar-refractivity contribution in [2.75, 3.05) is 11.4 Å². The van der Waals surface area contributed by atoms with E-state index < -0.39 is 0 Å². The van der Waals surface area contributed by atoms with Crippen LogP contribution in [-0.4, -0.2) is 12.1 Å². The van der Waals surface area contributed by atoms with Gasteiger partial charge in [-0.15, -0.1) is 0 Å². The van der Waals surface area contributed by atoms with Crippen LogP contribution in [0.2, 0.25) is 0 Å². The van der Waals surface area contributed by atoms with Crippen LogP contribution in [0.4, 0.5) is 5.69 Å². The van der Waals surface area contributed by atoms with Gasteiger partial charge in [0, 0.05) is 23.5 Å². The molecule has 0 atom stereocenters. The molecule has 1 aliphatic carbocycles. The zero-order valence-electron chi connectivity index (χ0n) is 19.7. The lowest BCUT2D eigenvalue weighted by Gasteiger charge is -2.39. The lowest BCUT2D eigenvalue weighted by molar-refractivity contribution is 0.433. The Morgan fingerprint density at radius 2 is 1.83 bits per heavy atom. The number of likely N-dealkylation sites (N-methyl/N-ethyl adjacent to an activating group) is 1. The molecular weight excluding hydrogens is 364 g/mol. The predicted molar refractivity (Wildman–Crippen MR) is 133 cm³/mol. The van der Waals surface area contributed by atoms with Crippen LogP contribution in [0.25, 0.3) is 6.08 Å². The minimum absolute atomic E-state index is 0.0200. The lowest BCUT2D eigenvalue weighted by atomic mass is 9.87. The molecule has 30 heavy (non-hydrogen) atoms. The maximum absolute atomic E-state index is 4.52. The Kier molecular flexibility index (Phi) is 6.95. The Morgan fingerprint density at radius 1 is 1.13 bits per heavy atom. The van der Waals surface area contributed by atoms with Crippen LogP contribution in [-0.2, 0) is 12.8 Å². The largest absolute Gasteiger partial charge is 0.376 e. The molecule has 0 unspecified atom stereocenters. The van der Waals surface area contributed by atoms with Gasteiger partial charge in [0.1, 0.15) is 0 Å². The summed E-state index contributed by atoms with van der Waals surface area (Å²) in [5, 5.41) is 3.79. The van der Waals surface area contributed by atoms with E-state index in [0.29, 0.717) is 0 Å². The molecule has 1 aromatic carbocycles. The highest BCUT2D eigenvalue weighted by Crippen LogP contribution is 2.42. The summed E-state index contributed by atoms with van der Waals surface area (Å²) in [6.45, 7) is 23.1. The van der Waals surface area contributed by atoms with Gasteiger partial charge in [-0.1, -0.05) is 70.6 Å². The summed E-state index contributed by atoms with van der Waals surface area (Å²) in [5.41, 5.74) is 9.98. The van der Waals surface area contributed by atoms with Gasteiger partial charge in [0.05, 0.1) is 11.2 Å². The first-order valence-electron chi connectivity index (χ1n) is 11.8. The average molecular weight is 405 g/mol. The quantitative estimate of drug-likeness (QED) is 0.434. The van der Waals surface area contributed by atoms with Gasteiger partial charge in [-0.3, -0.25) is 0 Å². The van der Waals surface area contributed by atoms with Crippen molar-refractivity contribution in [3.63, 3.8) is 0 Å². The van der Waals surface area contributed by atoms with Crippen LogP contribution in [0, 0.1) is 0 Å². The molecule has 162 valence electrons. The Balaban J connectivity index is 2.03. The minimum atomic E-state index is -0.0200. The number of nitrogens with one attached hydrogen (secondary N) is 1. The molecule has 2 heteroatoms. The van der Waals surface area contributed by atoms with Crippen LogP contribution >= 0.6 is 0 Å². The van der Waals surface area contributed by atoms with Gasteiger partial charge in [-0.25, -0.2) is 0 Å². The first-order chi connectivity index (χ1) is 14.4. The molecule has 0 amide bonds. The Bertz CT molecular complexity index is 865. The van der Waals surface area contributed by atoms with Crippen molar-refractivity contribution in [2.24, 2.45) is 0 Å². The summed E-state index contributed by atoms with van der Waals surface area (Å²) in [4.78, 5) is 2.41. The molecule has 0 radical (unpaired) electrons. The number of rotatable bonds is 9. The van der Waals surface area contributed by atoms with Gasteiger partial charge in [0.25, 0.3) is 0 Å². The molecule has 1 N–H and O–H groups in total. The number of benzene rings is 1. The molecule has 1 aliphatic heterocycles. The van der Waals surface area contributed by atoms with Crippen molar-refractivity contribution in [1.29, 1.82) is 0 Å². The summed E-state index contributed by atoms with van der Waals surface area (Å²) in [6.07, 6.45) is 11.7. The lowest BCUT2D eigenvalue weighted by Crippen LogP contribution is -2.43. The van der Waals surface area contributed by atoms with Crippen LogP contribution in [0.5, 0.6) is 0 Å². The van der Waals surface area contributed by atoms with Gasteiger partial charge in [-0.2, -0.15) is 0 Å². The Morgan fingerprint density at radius 3 is 2.40 bits per heavy atom. The van der Waals surface area contributed by atoms with Crippen LogP contribution in [0.15, 0.2) is 54.4 Å². The second kappa shape index (κ2) is 9.29. The van der Waals surface area contributed by atoms with E-state index in [1.807, 2.05) is 0 Å². The van der Waals surface area contributed by atoms with Crippen molar-refractivity contribution in [3.8, 4) is 0 Å². The van der Waals surface area contributed by atoms with E-state index in [4.69, 9.17) is 0 Å². The highest BCUT2D eigenvalue weighted by molar-refractivity contribution is 5.84. The van der Waals surface area contributed by atoms with E-state index in [1.54, 1.807) is 0 Å². The van der Waals surface area contributed by atoms with Gasteiger partial charge in [-0.05, 0) is 68.7 Å². The Hall–Kier alpha value is -2.22. The van der Waals surface area contributed by atoms with Crippen LogP contribution in [0.1, 0.15) is 82.9 Å². The Labute approximate surface area is 184 Å². The normalized spacial score (nSPS) is 17.5. The number of anilines is 1. The molecule has 1 fully saturated rings. The second-order valence-corrected chi connectivity index (χ2v) is 9.02. The maximum atomic E-state index is 4.52. The second-order valence-electron chi connectivity index (χ2n) is 9.02. The SMILES string of the molecule is C=C(NC1(C(=C)C)CCCC1)C1=Cc2ccc(CC)c(CCCC)c2N(CC)C1=C. The number of fused-ring (bicyclic) bond motifs is 1. The number of nitrogens with zero attached hydrogens (tertiary/aromatic N) is 1. The molecule has 0 bridgehead atoms. The number of hydrogen-bond acceptors (Lipinski definition) is 2. The maximum Gasteiger partial charge on any atom is 0.0580 e. The third-order valence-corrected chi connectivity index (χ3v) is 7.08. The molecule has 2 aliphatic rings. The zero-order valence-corrected chi connectivity index (χ0v) is 19.7. The van der Waals surface area contributed by atoms with Crippen LogP contribution in [0.3, 0.4) is 0 Å². The summed E-state index contributed by atoms with van der Waals surface area (Å²) < 4.78 is 0. The van der Waals surface area contributed by atoms with Crippen molar-refractivity contribution in [1.82, 2.24) is 5.32 Å². The van der Waals surface area contributed by atoms with Crippen molar-refractivity contribution in [2.45, 2.75) is 84.6 Å². The topological polar surface area (TPSA) is 15.3 Å². The molecule has 1 heterocycles. The third kappa shape index (κ3) is 4.02. The fourth-order valence-electron chi connectivity index (χ4n) is 5.22. The predicted octanol–water partition coefficient (Wildman–Crippen LogP) is 7.32. The van der Waals surface area contributed by atoms with Crippen molar-refractivity contribution >= 4 is 11.8 Å². The molecule has 1 aromatic rings. The van der Waals surface area contributed by atoms with E-state index in [9.17, 15) is 0 Å². The number of unbranched alkanes of at least 4 members (excludes halogenated alkanes) is 1. The fraction of sp³-hybridized carbons (Fsp3) is 0.500. The molecular formula is C28H40N2. The monoisotopic (exact) mass is 404 g/mol. The molecule has 3 rings (SSSR count). The summed E-state index contributed by atoms with van der Waals surface area (Å²) >= 11 is 0. The van der Waals surface area contributed by atoms with E-state index in [2.05, 4.69) is 75.9 Å². The minimum Gasteiger partial charge on any atom is -0.376 e. The molecule has 1 saturated carbocycles. The van der Waals surface area contributed by atoms with Gasteiger partial charge < -0.3 is 10.2 Å². The van der Waals surface area contributed by atoms with Gasteiger partial charge in [0.15, 0.2) is 0 Å². The summed E-state index contributed by atoms with van der Waals surface area (Å²) in [5.74, 6) is 0. The first kappa shape index (κ1) is 22.5. The number of hydrogen-bond donors (Lipinski definition) is 1. The smallest absolute Gasteiger partial charge is 0.0580 e. The molecule has 0 saturated heterocycles. The number of aryl methyl sites for hydroxylation is 1. The molecule has 0 aromatic heterocycles. The highest BCUT2D eigenvalue weighted by atomic mass is 15.2. The summed E-state index contributed by atoms with van der Waals surface area (Å²) in [6, 6.07) is 4.61. The van der Waals surface area contributed by atoms with E-state index in [1.165, 1.54) is 53.6 Å². The zero-order chi connectivity index (χ0) is 21.9. The van der Waals surface area contributed by atoms with Crippen molar-refractivity contribution in [3.05, 3.63) is 71.1 Å². The van der Waals surface area contributed by atoms with E-state index in [-0.39, 0.29) is 5.54 Å². The summed E-state index contributed by atoms with van der Waals surface area (Å²) in [7, 11) is 0.